The molecule has 1 amide bonds. The van der Waals surface area contributed by atoms with E-state index in [-0.39, 0.29) is 12.3 Å². The van der Waals surface area contributed by atoms with Gasteiger partial charge in [0.05, 0.1) is 6.54 Å². The minimum absolute atomic E-state index is 0.0203. The number of likely N-dealkylation sites (N-methyl/N-ethyl adjacent to an activating group) is 1. The summed E-state index contributed by atoms with van der Waals surface area (Å²) in [6, 6.07) is 0.489. The lowest BCUT2D eigenvalue weighted by Crippen LogP contribution is -2.46. The zero-order valence-electron chi connectivity index (χ0n) is 12.4. The molecule has 116 valence electrons. The van der Waals surface area contributed by atoms with Gasteiger partial charge in [-0.2, -0.15) is 0 Å². The number of hydrogen-bond acceptors (Lipinski definition) is 4. The first-order valence-electron chi connectivity index (χ1n) is 7.56. The van der Waals surface area contributed by atoms with E-state index in [9.17, 15) is 9.59 Å². The van der Waals surface area contributed by atoms with E-state index in [0.29, 0.717) is 25.6 Å². The summed E-state index contributed by atoms with van der Waals surface area (Å²) in [6.45, 7) is 5.70. The number of nitrogens with one attached hydrogen (secondary N) is 2. The molecule has 0 aliphatic carbocycles. The fourth-order valence-electron chi connectivity index (χ4n) is 2.42. The van der Waals surface area contributed by atoms with Crippen LogP contribution < -0.4 is 10.6 Å². The van der Waals surface area contributed by atoms with Gasteiger partial charge in [-0.15, -0.1) is 0 Å². The summed E-state index contributed by atoms with van der Waals surface area (Å²) in [5, 5.41) is 14.8. The number of aliphatic carboxylic acids is 1. The fraction of sp³-hybridized carbons (Fsp3) is 0.857. The van der Waals surface area contributed by atoms with Gasteiger partial charge in [-0.25, -0.2) is 0 Å². The Morgan fingerprint density at radius 2 is 2.20 bits per heavy atom. The van der Waals surface area contributed by atoms with Gasteiger partial charge in [0.1, 0.15) is 0 Å². The van der Waals surface area contributed by atoms with Crippen molar-refractivity contribution in [3.05, 3.63) is 0 Å². The molecule has 1 aliphatic rings. The van der Waals surface area contributed by atoms with Crippen LogP contribution in [0.25, 0.3) is 0 Å². The van der Waals surface area contributed by atoms with Crippen LogP contribution in [0.4, 0.5) is 0 Å². The van der Waals surface area contributed by atoms with Crippen molar-refractivity contribution in [2.75, 3.05) is 32.7 Å². The number of carbonyl (C=O) groups is 2. The molecule has 20 heavy (non-hydrogen) atoms. The van der Waals surface area contributed by atoms with Gasteiger partial charge in [-0.1, -0.05) is 13.3 Å². The maximum Gasteiger partial charge on any atom is 0.303 e. The van der Waals surface area contributed by atoms with Gasteiger partial charge in [0.15, 0.2) is 0 Å². The summed E-state index contributed by atoms with van der Waals surface area (Å²) in [6.07, 6.45) is 4.27. The molecule has 0 bridgehead atoms. The molecular weight excluding hydrogens is 258 g/mol. The highest BCUT2D eigenvalue weighted by molar-refractivity contribution is 5.78. The molecule has 0 aromatic rings. The molecule has 1 aliphatic heterocycles. The molecule has 1 rings (SSSR count). The van der Waals surface area contributed by atoms with E-state index in [4.69, 9.17) is 5.11 Å². The zero-order chi connectivity index (χ0) is 14.8. The van der Waals surface area contributed by atoms with Crippen LogP contribution in [0, 0.1) is 0 Å². The smallest absolute Gasteiger partial charge is 0.303 e. The van der Waals surface area contributed by atoms with Crippen molar-refractivity contribution >= 4 is 11.9 Å². The number of hydrogen-bond donors (Lipinski definition) is 3. The molecule has 1 saturated heterocycles. The van der Waals surface area contributed by atoms with Crippen molar-refractivity contribution in [3.63, 3.8) is 0 Å². The molecule has 1 unspecified atom stereocenters. The normalized spacial score (nSPS) is 19.0. The third-order valence-corrected chi connectivity index (χ3v) is 3.59. The summed E-state index contributed by atoms with van der Waals surface area (Å²) < 4.78 is 0. The Hall–Kier alpha value is -1.14. The Morgan fingerprint density at radius 1 is 1.40 bits per heavy atom. The fourth-order valence-corrected chi connectivity index (χ4v) is 2.42. The molecule has 0 aromatic carbocycles. The predicted octanol–water partition coefficient (Wildman–Crippen LogP) is 0.431. The van der Waals surface area contributed by atoms with Crippen LogP contribution in [0.1, 0.15) is 39.0 Å². The van der Waals surface area contributed by atoms with Crippen molar-refractivity contribution in [2.45, 2.75) is 45.1 Å². The number of rotatable bonds is 9. The molecule has 1 atom stereocenters. The van der Waals surface area contributed by atoms with Crippen molar-refractivity contribution in [2.24, 2.45) is 0 Å². The standard InChI is InChI=1S/C14H27N3O3/c1-2-17(10-12-6-3-4-8-15-12)11-13(18)16-9-5-7-14(19)20/h12,15H,2-11H2,1H3,(H,16,18)(H,19,20). The van der Waals surface area contributed by atoms with E-state index in [1.54, 1.807) is 0 Å². The summed E-state index contributed by atoms with van der Waals surface area (Å²) >= 11 is 0. The summed E-state index contributed by atoms with van der Waals surface area (Å²) in [5.74, 6) is -0.842. The second-order valence-corrected chi connectivity index (χ2v) is 5.32. The minimum atomic E-state index is -0.821. The monoisotopic (exact) mass is 285 g/mol. The van der Waals surface area contributed by atoms with Crippen LogP contribution >= 0.6 is 0 Å². The molecule has 6 heteroatoms. The Balaban J connectivity index is 2.17. The number of carboxylic acid groups (broad SMARTS) is 1. The Morgan fingerprint density at radius 3 is 2.80 bits per heavy atom. The van der Waals surface area contributed by atoms with Gasteiger partial charge < -0.3 is 15.7 Å². The van der Waals surface area contributed by atoms with Crippen molar-refractivity contribution in [3.8, 4) is 0 Å². The first-order valence-corrected chi connectivity index (χ1v) is 7.56. The van der Waals surface area contributed by atoms with E-state index >= 15 is 0 Å². The van der Waals surface area contributed by atoms with E-state index in [2.05, 4.69) is 22.5 Å². The van der Waals surface area contributed by atoms with E-state index in [1.165, 1.54) is 19.3 Å². The lowest BCUT2D eigenvalue weighted by atomic mass is 10.0. The van der Waals surface area contributed by atoms with Gasteiger partial charge >= 0.3 is 5.97 Å². The van der Waals surface area contributed by atoms with Gasteiger partial charge in [0, 0.05) is 25.6 Å². The number of nitrogens with zero attached hydrogens (tertiary/aromatic N) is 1. The highest BCUT2D eigenvalue weighted by Gasteiger charge is 2.17. The maximum atomic E-state index is 11.8. The first kappa shape index (κ1) is 16.9. The summed E-state index contributed by atoms with van der Waals surface area (Å²) in [5.41, 5.74) is 0. The Kier molecular flexibility index (Phi) is 8.22. The SMILES string of the molecule is CCN(CC(=O)NCCCC(=O)O)CC1CCCCN1. The predicted molar refractivity (Wildman–Crippen MR) is 77.6 cm³/mol. The van der Waals surface area contributed by atoms with Crippen LogP contribution in [0.15, 0.2) is 0 Å². The quantitative estimate of drug-likeness (QED) is 0.535. The highest BCUT2D eigenvalue weighted by Crippen LogP contribution is 2.08. The van der Waals surface area contributed by atoms with Crippen molar-refractivity contribution in [1.82, 2.24) is 15.5 Å². The maximum absolute atomic E-state index is 11.8. The zero-order valence-corrected chi connectivity index (χ0v) is 12.4. The van der Waals surface area contributed by atoms with E-state index < -0.39 is 5.97 Å². The van der Waals surface area contributed by atoms with Gasteiger partial charge in [-0.3, -0.25) is 14.5 Å². The summed E-state index contributed by atoms with van der Waals surface area (Å²) in [4.78, 5) is 24.3. The topological polar surface area (TPSA) is 81.7 Å². The second-order valence-electron chi connectivity index (χ2n) is 5.32. The molecule has 6 nitrogen and oxygen atoms in total. The average Bonchev–Trinajstić information content (AvgIpc) is 2.44. The number of carboxylic acids is 1. The highest BCUT2D eigenvalue weighted by atomic mass is 16.4. The number of carbonyl (C=O) groups excluding carboxylic acids is 1. The average molecular weight is 285 g/mol. The Labute approximate surface area is 120 Å². The van der Waals surface area contributed by atoms with Crippen LogP contribution in [0.3, 0.4) is 0 Å². The van der Waals surface area contributed by atoms with Gasteiger partial charge in [-0.05, 0) is 32.4 Å². The van der Waals surface area contributed by atoms with Crippen molar-refractivity contribution < 1.29 is 14.7 Å². The van der Waals surface area contributed by atoms with E-state index in [0.717, 1.165) is 19.6 Å². The number of piperidine rings is 1. The van der Waals surface area contributed by atoms with Crippen LogP contribution in [0.5, 0.6) is 0 Å². The molecule has 1 heterocycles. The molecular formula is C14H27N3O3. The number of amides is 1. The van der Waals surface area contributed by atoms with E-state index in [1.807, 2.05) is 0 Å². The van der Waals surface area contributed by atoms with Crippen LogP contribution in [0.2, 0.25) is 0 Å². The van der Waals surface area contributed by atoms with Crippen molar-refractivity contribution in [1.29, 1.82) is 0 Å². The minimum Gasteiger partial charge on any atom is -0.481 e. The Bertz CT molecular complexity index is 304. The second kappa shape index (κ2) is 9.72. The first-order chi connectivity index (χ1) is 9.61. The third-order valence-electron chi connectivity index (χ3n) is 3.59. The summed E-state index contributed by atoms with van der Waals surface area (Å²) in [7, 11) is 0. The molecule has 0 spiro atoms. The molecule has 3 N–H and O–H groups in total. The molecule has 0 saturated carbocycles. The lowest BCUT2D eigenvalue weighted by molar-refractivity contribution is -0.137. The van der Waals surface area contributed by atoms with Crippen LogP contribution in [-0.2, 0) is 9.59 Å². The van der Waals surface area contributed by atoms with Crippen LogP contribution in [-0.4, -0.2) is 60.6 Å². The van der Waals surface area contributed by atoms with Gasteiger partial charge in [0.2, 0.25) is 5.91 Å². The largest absolute Gasteiger partial charge is 0.481 e. The van der Waals surface area contributed by atoms with Gasteiger partial charge in [0.25, 0.3) is 0 Å². The molecule has 0 radical (unpaired) electrons. The lowest BCUT2D eigenvalue weighted by Gasteiger charge is -2.29. The third kappa shape index (κ3) is 7.45. The molecule has 1 fully saturated rings. The molecule has 0 aromatic heterocycles.